The molecule has 0 spiro atoms. The van der Waals surface area contributed by atoms with E-state index in [2.05, 4.69) is 10.3 Å². The summed E-state index contributed by atoms with van der Waals surface area (Å²) in [6, 6.07) is 17.9. The first-order valence-corrected chi connectivity index (χ1v) is 9.09. The van der Waals surface area contributed by atoms with Gasteiger partial charge in [-0.2, -0.15) is 0 Å². The van der Waals surface area contributed by atoms with Crippen molar-refractivity contribution in [2.75, 3.05) is 6.61 Å². The molecule has 0 radical (unpaired) electrons. The standard InChI is InChI=1S/C20H20N2O2S/c1-2-24-13-16-10-8-15(9-11-16)12-21-19(23)18-14-25-20(22-18)17-6-4-3-5-7-17/h3-11,14H,2,12-13H2,1H3,(H,21,23). The lowest BCUT2D eigenvalue weighted by molar-refractivity contribution is 0.0946. The van der Waals surface area contributed by atoms with Crippen LogP contribution < -0.4 is 5.32 Å². The molecule has 1 aromatic heterocycles. The molecule has 25 heavy (non-hydrogen) atoms. The summed E-state index contributed by atoms with van der Waals surface area (Å²) < 4.78 is 5.38. The third-order valence-corrected chi connectivity index (χ3v) is 4.60. The fraction of sp³-hybridized carbons (Fsp3) is 0.200. The summed E-state index contributed by atoms with van der Waals surface area (Å²) in [5.74, 6) is -0.156. The molecule has 1 amide bonds. The number of nitrogens with zero attached hydrogens (tertiary/aromatic N) is 1. The SMILES string of the molecule is CCOCc1ccc(CNC(=O)c2csc(-c3ccccc3)n2)cc1. The number of benzene rings is 2. The van der Waals surface area contributed by atoms with Crippen LogP contribution in [0.5, 0.6) is 0 Å². The highest BCUT2D eigenvalue weighted by molar-refractivity contribution is 7.13. The van der Waals surface area contributed by atoms with Crippen LogP contribution >= 0.6 is 11.3 Å². The van der Waals surface area contributed by atoms with Crippen molar-refractivity contribution in [3.8, 4) is 10.6 Å². The Morgan fingerprint density at radius 3 is 2.52 bits per heavy atom. The summed E-state index contributed by atoms with van der Waals surface area (Å²) >= 11 is 1.48. The van der Waals surface area contributed by atoms with Crippen LogP contribution in [0.1, 0.15) is 28.5 Å². The normalized spacial score (nSPS) is 10.6. The Labute approximate surface area is 151 Å². The summed E-state index contributed by atoms with van der Waals surface area (Å²) in [6.07, 6.45) is 0. The Kier molecular flexibility index (Phi) is 5.93. The van der Waals surface area contributed by atoms with E-state index in [1.807, 2.05) is 61.5 Å². The summed E-state index contributed by atoms with van der Waals surface area (Å²) in [6.45, 7) is 3.78. The number of amides is 1. The second-order valence-electron chi connectivity index (χ2n) is 5.54. The summed E-state index contributed by atoms with van der Waals surface area (Å²) in [5.41, 5.74) is 3.66. The third-order valence-electron chi connectivity index (χ3n) is 3.71. The van der Waals surface area contributed by atoms with Gasteiger partial charge in [0.25, 0.3) is 5.91 Å². The van der Waals surface area contributed by atoms with Gasteiger partial charge in [-0.25, -0.2) is 4.98 Å². The van der Waals surface area contributed by atoms with E-state index in [0.717, 1.165) is 21.7 Å². The number of thiazole rings is 1. The van der Waals surface area contributed by atoms with Crippen molar-refractivity contribution in [3.63, 3.8) is 0 Å². The first kappa shape index (κ1) is 17.3. The Morgan fingerprint density at radius 1 is 1.08 bits per heavy atom. The highest BCUT2D eigenvalue weighted by Crippen LogP contribution is 2.23. The number of rotatable bonds is 7. The van der Waals surface area contributed by atoms with Crippen molar-refractivity contribution in [3.05, 3.63) is 76.8 Å². The molecule has 1 heterocycles. The van der Waals surface area contributed by atoms with Crippen LogP contribution in [0.4, 0.5) is 0 Å². The molecule has 0 aliphatic carbocycles. The number of nitrogens with one attached hydrogen (secondary N) is 1. The summed E-state index contributed by atoms with van der Waals surface area (Å²) in [7, 11) is 0. The first-order chi connectivity index (χ1) is 12.3. The van der Waals surface area contributed by atoms with Crippen LogP contribution in [-0.4, -0.2) is 17.5 Å². The average Bonchev–Trinajstić information content (AvgIpc) is 3.16. The van der Waals surface area contributed by atoms with Crippen LogP contribution in [0.2, 0.25) is 0 Å². The predicted molar refractivity (Wildman–Crippen MR) is 100 cm³/mol. The first-order valence-electron chi connectivity index (χ1n) is 8.21. The van der Waals surface area contributed by atoms with Gasteiger partial charge in [-0.3, -0.25) is 4.79 Å². The van der Waals surface area contributed by atoms with Crippen LogP contribution in [0.25, 0.3) is 10.6 Å². The van der Waals surface area contributed by atoms with E-state index >= 15 is 0 Å². The maximum atomic E-state index is 12.3. The van der Waals surface area contributed by atoms with Gasteiger partial charge >= 0.3 is 0 Å². The van der Waals surface area contributed by atoms with Gasteiger partial charge in [0, 0.05) is 24.1 Å². The number of aromatic nitrogens is 1. The molecule has 0 unspecified atom stereocenters. The lowest BCUT2D eigenvalue weighted by Crippen LogP contribution is -2.23. The van der Waals surface area contributed by atoms with Crippen molar-refractivity contribution >= 4 is 17.2 Å². The monoisotopic (exact) mass is 352 g/mol. The minimum absolute atomic E-state index is 0.156. The Hall–Kier alpha value is -2.50. The average molecular weight is 352 g/mol. The van der Waals surface area contributed by atoms with E-state index in [0.29, 0.717) is 25.5 Å². The Bertz CT molecular complexity index is 813. The Balaban J connectivity index is 1.57. The molecule has 3 rings (SSSR count). The molecular formula is C20H20N2O2S. The Morgan fingerprint density at radius 2 is 1.80 bits per heavy atom. The van der Waals surface area contributed by atoms with Crippen molar-refractivity contribution in [2.24, 2.45) is 0 Å². The maximum absolute atomic E-state index is 12.3. The molecule has 5 heteroatoms. The highest BCUT2D eigenvalue weighted by Gasteiger charge is 2.11. The van der Waals surface area contributed by atoms with Gasteiger partial charge in [-0.05, 0) is 18.1 Å². The molecular weight excluding hydrogens is 332 g/mol. The second kappa shape index (κ2) is 8.55. The van der Waals surface area contributed by atoms with Crippen LogP contribution in [0, 0.1) is 0 Å². The number of hydrogen-bond acceptors (Lipinski definition) is 4. The van der Waals surface area contributed by atoms with Crippen LogP contribution in [-0.2, 0) is 17.9 Å². The van der Waals surface area contributed by atoms with Crippen LogP contribution in [0.15, 0.2) is 60.0 Å². The van der Waals surface area contributed by atoms with E-state index < -0.39 is 0 Å². The van der Waals surface area contributed by atoms with Gasteiger partial charge in [-0.1, -0.05) is 54.6 Å². The van der Waals surface area contributed by atoms with E-state index in [1.165, 1.54) is 11.3 Å². The van der Waals surface area contributed by atoms with Gasteiger partial charge in [-0.15, -0.1) is 11.3 Å². The van der Waals surface area contributed by atoms with E-state index in [1.54, 1.807) is 5.38 Å². The topological polar surface area (TPSA) is 51.2 Å². The van der Waals surface area contributed by atoms with Gasteiger partial charge in [0.15, 0.2) is 0 Å². The molecule has 128 valence electrons. The predicted octanol–water partition coefficient (Wildman–Crippen LogP) is 4.28. The van der Waals surface area contributed by atoms with E-state index in [-0.39, 0.29) is 5.91 Å². The molecule has 0 saturated carbocycles. The van der Waals surface area contributed by atoms with Crippen LogP contribution in [0.3, 0.4) is 0 Å². The zero-order chi connectivity index (χ0) is 17.5. The minimum Gasteiger partial charge on any atom is -0.377 e. The molecule has 0 atom stereocenters. The number of ether oxygens (including phenoxy) is 1. The third kappa shape index (κ3) is 4.75. The van der Waals surface area contributed by atoms with Crippen molar-refractivity contribution in [2.45, 2.75) is 20.1 Å². The smallest absolute Gasteiger partial charge is 0.271 e. The molecule has 0 aliphatic rings. The largest absolute Gasteiger partial charge is 0.377 e. The number of carbonyl (C=O) groups excluding carboxylic acids is 1. The quantitative estimate of drug-likeness (QED) is 0.690. The lowest BCUT2D eigenvalue weighted by Gasteiger charge is -2.06. The zero-order valence-corrected chi connectivity index (χ0v) is 14.9. The highest BCUT2D eigenvalue weighted by atomic mass is 32.1. The van der Waals surface area contributed by atoms with E-state index in [9.17, 15) is 4.79 Å². The molecule has 3 aromatic rings. The molecule has 4 nitrogen and oxygen atoms in total. The minimum atomic E-state index is -0.156. The van der Waals surface area contributed by atoms with Gasteiger partial charge < -0.3 is 10.1 Å². The fourth-order valence-corrected chi connectivity index (χ4v) is 3.14. The van der Waals surface area contributed by atoms with E-state index in [4.69, 9.17) is 4.74 Å². The summed E-state index contributed by atoms with van der Waals surface area (Å²) in [5, 5.41) is 5.56. The maximum Gasteiger partial charge on any atom is 0.271 e. The molecule has 0 saturated heterocycles. The number of hydrogen-bond donors (Lipinski definition) is 1. The molecule has 2 aromatic carbocycles. The van der Waals surface area contributed by atoms with Gasteiger partial charge in [0.05, 0.1) is 6.61 Å². The van der Waals surface area contributed by atoms with Crippen molar-refractivity contribution in [1.82, 2.24) is 10.3 Å². The molecule has 0 fully saturated rings. The van der Waals surface area contributed by atoms with Gasteiger partial charge in [0.2, 0.25) is 0 Å². The summed E-state index contributed by atoms with van der Waals surface area (Å²) in [4.78, 5) is 16.7. The fourth-order valence-electron chi connectivity index (χ4n) is 2.34. The lowest BCUT2D eigenvalue weighted by atomic mass is 10.1. The zero-order valence-electron chi connectivity index (χ0n) is 14.1. The van der Waals surface area contributed by atoms with Crippen molar-refractivity contribution < 1.29 is 9.53 Å². The van der Waals surface area contributed by atoms with Crippen molar-refractivity contribution in [1.29, 1.82) is 0 Å². The molecule has 0 aliphatic heterocycles. The molecule has 1 N–H and O–H groups in total. The molecule has 0 bridgehead atoms. The number of carbonyl (C=O) groups is 1. The second-order valence-corrected chi connectivity index (χ2v) is 6.40. The van der Waals surface area contributed by atoms with Gasteiger partial charge in [0.1, 0.15) is 10.7 Å².